The Bertz CT molecular complexity index is 877. The molecular formula is C11H10N6O3. The molecule has 0 aliphatic heterocycles. The molecule has 0 unspecified atom stereocenters. The zero-order valence-electron chi connectivity index (χ0n) is 10.4. The maximum Gasteiger partial charge on any atom is 0.325 e. The second kappa shape index (κ2) is 4.61. The fourth-order valence-corrected chi connectivity index (χ4v) is 1.80. The van der Waals surface area contributed by atoms with E-state index in [0.29, 0.717) is 28.2 Å². The number of nitrogens with one attached hydrogen (secondary N) is 3. The first kappa shape index (κ1) is 12.1. The van der Waals surface area contributed by atoms with Crippen molar-refractivity contribution in [2.24, 2.45) is 0 Å². The summed E-state index contributed by atoms with van der Waals surface area (Å²) < 4.78 is 5.02. The highest BCUT2D eigenvalue weighted by Crippen LogP contribution is 2.22. The molecule has 0 saturated carbocycles. The van der Waals surface area contributed by atoms with Gasteiger partial charge in [-0.1, -0.05) is 5.16 Å². The van der Waals surface area contributed by atoms with E-state index in [-0.39, 0.29) is 6.54 Å². The molecule has 0 fully saturated rings. The molecule has 0 aliphatic rings. The molecule has 0 radical (unpaired) electrons. The van der Waals surface area contributed by atoms with Crippen LogP contribution < -0.4 is 16.6 Å². The van der Waals surface area contributed by atoms with Crippen LogP contribution in [0.15, 0.2) is 26.6 Å². The van der Waals surface area contributed by atoms with Gasteiger partial charge >= 0.3 is 5.69 Å². The van der Waals surface area contributed by atoms with Gasteiger partial charge in [-0.25, -0.2) is 9.78 Å². The minimum absolute atomic E-state index is 0.197. The molecule has 0 atom stereocenters. The van der Waals surface area contributed by atoms with Gasteiger partial charge < -0.3 is 14.8 Å². The van der Waals surface area contributed by atoms with Gasteiger partial charge in [0.2, 0.25) is 0 Å². The molecule has 0 bridgehead atoms. The maximum absolute atomic E-state index is 11.6. The monoisotopic (exact) mass is 274 g/mol. The third kappa shape index (κ3) is 2.05. The van der Waals surface area contributed by atoms with Gasteiger partial charge in [0.15, 0.2) is 0 Å². The predicted molar refractivity (Wildman–Crippen MR) is 69.3 cm³/mol. The third-order valence-electron chi connectivity index (χ3n) is 2.79. The predicted octanol–water partition coefficient (Wildman–Crippen LogP) is -0.0851. The van der Waals surface area contributed by atoms with Crippen molar-refractivity contribution in [1.82, 2.24) is 25.1 Å². The van der Waals surface area contributed by atoms with Crippen LogP contribution in [0.2, 0.25) is 0 Å². The molecule has 102 valence electrons. The van der Waals surface area contributed by atoms with Crippen molar-refractivity contribution in [2.45, 2.75) is 13.5 Å². The Hall–Kier alpha value is -2.97. The molecule has 9 heteroatoms. The van der Waals surface area contributed by atoms with Crippen molar-refractivity contribution in [2.75, 3.05) is 5.32 Å². The van der Waals surface area contributed by atoms with E-state index in [1.807, 2.05) is 0 Å². The number of hydrogen-bond acceptors (Lipinski definition) is 7. The first-order valence-electron chi connectivity index (χ1n) is 5.77. The van der Waals surface area contributed by atoms with E-state index in [9.17, 15) is 9.59 Å². The zero-order chi connectivity index (χ0) is 14.1. The van der Waals surface area contributed by atoms with E-state index in [0.717, 1.165) is 0 Å². The summed E-state index contributed by atoms with van der Waals surface area (Å²) in [6, 6.07) is 0. The van der Waals surface area contributed by atoms with Crippen molar-refractivity contribution in [3.8, 4) is 0 Å². The Morgan fingerprint density at radius 3 is 3.00 bits per heavy atom. The molecule has 0 saturated heterocycles. The van der Waals surface area contributed by atoms with Crippen LogP contribution in [0.5, 0.6) is 0 Å². The number of aromatic amines is 2. The summed E-state index contributed by atoms with van der Waals surface area (Å²) in [5.41, 5.74) is 0.408. The topological polar surface area (TPSA) is 130 Å². The van der Waals surface area contributed by atoms with E-state index >= 15 is 0 Å². The number of hydrogen-bond donors (Lipinski definition) is 3. The Morgan fingerprint density at radius 1 is 1.35 bits per heavy atom. The standard InChI is InChI=1S/C11H10N6O3/c1-5-7-8(14-4-15-10(7)20-17-5)12-2-6-3-13-11(19)16-9(6)18/h3-4H,2H2,1H3,(H,12,14,15)(H2,13,16,18,19). The van der Waals surface area contributed by atoms with Crippen LogP contribution in [0.3, 0.4) is 0 Å². The molecule has 3 rings (SSSR count). The van der Waals surface area contributed by atoms with Gasteiger partial charge in [0.05, 0.1) is 11.3 Å². The zero-order valence-corrected chi connectivity index (χ0v) is 10.4. The van der Waals surface area contributed by atoms with Crippen LogP contribution in [0.25, 0.3) is 11.1 Å². The average Bonchev–Trinajstić information content (AvgIpc) is 2.80. The Morgan fingerprint density at radius 2 is 2.20 bits per heavy atom. The summed E-state index contributed by atoms with van der Waals surface area (Å²) in [6.45, 7) is 1.97. The molecule has 9 nitrogen and oxygen atoms in total. The van der Waals surface area contributed by atoms with Gasteiger partial charge in [0.1, 0.15) is 17.5 Å². The molecule has 0 amide bonds. The smallest absolute Gasteiger partial charge is 0.325 e. The van der Waals surface area contributed by atoms with E-state index in [2.05, 4.69) is 30.4 Å². The van der Waals surface area contributed by atoms with Crippen LogP contribution in [0, 0.1) is 6.92 Å². The lowest BCUT2D eigenvalue weighted by atomic mass is 10.3. The summed E-state index contributed by atoms with van der Waals surface area (Å²) in [5, 5.41) is 7.47. The van der Waals surface area contributed by atoms with Gasteiger partial charge in [0.25, 0.3) is 11.3 Å². The van der Waals surface area contributed by atoms with Crippen molar-refractivity contribution < 1.29 is 4.52 Å². The largest absolute Gasteiger partial charge is 0.365 e. The van der Waals surface area contributed by atoms with Crippen molar-refractivity contribution in [3.63, 3.8) is 0 Å². The van der Waals surface area contributed by atoms with Crippen LogP contribution in [-0.2, 0) is 6.54 Å². The molecule has 3 N–H and O–H groups in total. The summed E-state index contributed by atoms with van der Waals surface area (Å²) in [6.07, 6.45) is 2.69. The summed E-state index contributed by atoms with van der Waals surface area (Å²) >= 11 is 0. The number of nitrogens with zero attached hydrogens (tertiary/aromatic N) is 3. The molecule has 0 spiro atoms. The molecule has 3 aromatic heterocycles. The fourth-order valence-electron chi connectivity index (χ4n) is 1.80. The lowest BCUT2D eigenvalue weighted by Gasteiger charge is -2.05. The summed E-state index contributed by atoms with van der Waals surface area (Å²) in [5.74, 6) is 0.513. The quantitative estimate of drug-likeness (QED) is 0.608. The lowest BCUT2D eigenvalue weighted by molar-refractivity contribution is 0.442. The highest BCUT2D eigenvalue weighted by Gasteiger charge is 2.12. The molecule has 3 heterocycles. The second-order valence-corrected chi connectivity index (χ2v) is 4.12. The lowest BCUT2D eigenvalue weighted by Crippen LogP contribution is -2.25. The number of aryl methyl sites for hydroxylation is 1. The van der Waals surface area contributed by atoms with E-state index in [1.54, 1.807) is 6.92 Å². The first-order chi connectivity index (χ1) is 9.65. The molecular weight excluding hydrogens is 264 g/mol. The first-order valence-corrected chi connectivity index (χ1v) is 5.77. The molecule has 0 aliphatic carbocycles. The normalized spacial score (nSPS) is 10.8. The van der Waals surface area contributed by atoms with Gasteiger partial charge in [-0.15, -0.1) is 0 Å². The van der Waals surface area contributed by atoms with E-state index in [1.165, 1.54) is 12.5 Å². The minimum Gasteiger partial charge on any atom is -0.365 e. The third-order valence-corrected chi connectivity index (χ3v) is 2.79. The number of aromatic nitrogens is 5. The van der Waals surface area contributed by atoms with Crippen molar-refractivity contribution in [3.05, 3.63) is 44.6 Å². The highest BCUT2D eigenvalue weighted by molar-refractivity contribution is 5.87. The van der Waals surface area contributed by atoms with Gasteiger partial charge in [-0.2, -0.15) is 4.98 Å². The van der Waals surface area contributed by atoms with E-state index < -0.39 is 11.2 Å². The fraction of sp³-hybridized carbons (Fsp3) is 0.182. The average molecular weight is 274 g/mol. The summed E-state index contributed by atoms with van der Waals surface area (Å²) in [7, 11) is 0. The number of rotatable bonds is 3. The highest BCUT2D eigenvalue weighted by atomic mass is 16.5. The maximum atomic E-state index is 11.6. The Balaban J connectivity index is 1.92. The number of anilines is 1. The Labute approximate surface area is 111 Å². The SMILES string of the molecule is Cc1noc2ncnc(NCc3c[nH]c(=O)[nH]c3=O)c12. The van der Waals surface area contributed by atoms with Gasteiger partial charge in [-0.3, -0.25) is 9.78 Å². The summed E-state index contributed by atoms with van der Waals surface area (Å²) in [4.78, 5) is 35.1. The van der Waals surface area contributed by atoms with Crippen LogP contribution >= 0.6 is 0 Å². The van der Waals surface area contributed by atoms with Crippen molar-refractivity contribution in [1.29, 1.82) is 0 Å². The van der Waals surface area contributed by atoms with Crippen LogP contribution in [0.4, 0.5) is 5.82 Å². The van der Waals surface area contributed by atoms with Gasteiger partial charge in [-0.05, 0) is 6.92 Å². The molecule has 20 heavy (non-hydrogen) atoms. The van der Waals surface area contributed by atoms with Crippen LogP contribution in [0.1, 0.15) is 11.3 Å². The van der Waals surface area contributed by atoms with Crippen LogP contribution in [-0.4, -0.2) is 25.1 Å². The minimum atomic E-state index is -0.543. The second-order valence-electron chi connectivity index (χ2n) is 4.12. The molecule has 3 aromatic rings. The number of H-pyrrole nitrogens is 2. The van der Waals surface area contributed by atoms with E-state index in [4.69, 9.17) is 4.52 Å². The molecule has 0 aromatic carbocycles. The van der Waals surface area contributed by atoms with Crippen molar-refractivity contribution >= 4 is 16.9 Å². The van der Waals surface area contributed by atoms with Gasteiger partial charge in [0, 0.05) is 12.7 Å². The Kier molecular flexibility index (Phi) is 2.78. The number of fused-ring (bicyclic) bond motifs is 1.